The highest BCUT2D eigenvalue weighted by Crippen LogP contribution is 2.32. The summed E-state index contributed by atoms with van der Waals surface area (Å²) in [5, 5.41) is 0.327. The SMILES string of the molecule is Cc1ccc(SCC(=O)N(Cc2cccnc2)c2nc3c(F)cc(F)cc3s2)cc1. The largest absolute Gasteiger partial charge is 0.283 e. The number of amides is 1. The molecule has 4 rings (SSSR count). The second kappa shape index (κ2) is 8.89. The summed E-state index contributed by atoms with van der Waals surface area (Å²) in [7, 11) is 0. The Morgan fingerprint density at radius 3 is 2.70 bits per heavy atom. The third kappa shape index (κ3) is 4.66. The van der Waals surface area contributed by atoms with E-state index in [0.717, 1.165) is 33.4 Å². The number of nitrogens with zero attached hydrogens (tertiary/aromatic N) is 3. The van der Waals surface area contributed by atoms with Crippen LogP contribution in [0.3, 0.4) is 0 Å². The predicted octanol–water partition coefficient (Wildman–Crippen LogP) is 5.60. The number of halogens is 2. The normalized spacial score (nSPS) is 11.0. The Kier molecular flexibility index (Phi) is 6.06. The second-order valence-electron chi connectivity index (χ2n) is 6.67. The molecule has 0 spiro atoms. The van der Waals surface area contributed by atoms with Crippen LogP contribution in [0.15, 0.2) is 65.8 Å². The average Bonchev–Trinajstić information content (AvgIpc) is 3.16. The minimum Gasteiger partial charge on any atom is -0.283 e. The van der Waals surface area contributed by atoms with E-state index in [1.54, 1.807) is 18.5 Å². The van der Waals surface area contributed by atoms with Gasteiger partial charge < -0.3 is 0 Å². The Bertz CT molecular complexity index is 1180. The van der Waals surface area contributed by atoms with E-state index in [1.807, 2.05) is 37.3 Å². The van der Waals surface area contributed by atoms with Crippen LogP contribution in [-0.4, -0.2) is 21.6 Å². The van der Waals surface area contributed by atoms with E-state index in [2.05, 4.69) is 9.97 Å². The average molecular weight is 442 g/mol. The number of hydrogen-bond donors (Lipinski definition) is 0. The standard InChI is InChI=1S/C22H17F2N3OS2/c1-14-4-6-17(7-5-14)29-13-20(28)27(12-15-3-2-8-25-11-15)22-26-21-18(24)9-16(23)10-19(21)30-22/h2-11H,12-13H2,1H3. The van der Waals surface area contributed by atoms with Gasteiger partial charge in [-0.05, 0) is 36.8 Å². The molecule has 8 heteroatoms. The molecule has 2 aromatic heterocycles. The number of rotatable bonds is 6. The van der Waals surface area contributed by atoms with Crippen LogP contribution in [-0.2, 0) is 11.3 Å². The number of aromatic nitrogens is 2. The lowest BCUT2D eigenvalue weighted by atomic mass is 10.2. The summed E-state index contributed by atoms with van der Waals surface area (Å²) in [6.45, 7) is 2.25. The fourth-order valence-corrected chi connectivity index (χ4v) is 4.65. The summed E-state index contributed by atoms with van der Waals surface area (Å²) in [5.41, 5.74) is 2.02. The first-order valence-electron chi connectivity index (χ1n) is 9.14. The van der Waals surface area contributed by atoms with Crippen LogP contribution in [0.5, 0.6) is 0 Å². The van der Waals surface area contributed by atoms with E-state index >= 15 is 0 Å². The molecule has 2 aromatic carbocycles. The molecule has 0 aliphatic carbocycles. The van der Waals surface area contributed by atoms with Crippen LogP contribution >= 0.6 is 23.1 Å². The molecule has 0 saturated carbocycles. The van der Waals surface area contributed by atoms with Gasteiger partial charge in [0.1, 0.15) is 11.3 Å². The minimum atomic E-state index is -0.740. The molecule has 0 bridgehead atoms. The molecule has 0 atom stereocenters. The van der Waals surface area contributed by atoms with Crippen LogP contribution in [0, 0.1) is 18.6 Å². The maximum absolute atomic E-state index is 14.1. The van der Waals surface area contributed by atoms with Crippen molar-refractivity contribution < 1.29 is 13.6 Å². The van der Waals surface area contributed by atoms with Crippen molar-refractivity contribution in [1.29, 1.82) is 0 Å². The number of carbonyl (C=O) groups is 1. The highest BCUT2D eigenvalue weighted by molar-refractivity contribution is 8.00. The Morgan fingerprint density at radius 2 is 1.97 bits per heavy atom. The zero-order valence-electron chi connectivity index (χ0n) is 16.0. The summed E-state index contributed by atoms with van der Waals surface area (Å²) >= 11 is 2.51. The van der Waals surface area contributed by atoms with Gasteiger partial charge in [0.15, 0.2) is 10.9 Å². The minimum absolute atomic E-state index is 0.0616. The van der Waals surface area contributed by atoms with Gasteiger partial charge in [0.05, 0.1) is 17.0 Å². The van der Waals surface area contributed by atoms with Gasteiger partial charge in [0, 0.05) is 23.4 Å². The zero-order chi connectivity index (χ0) is 21.1. The number of thioether (sulfide) groups is 1. The van der Waals surface area contributed by atoms with Crippen molar-refractivity contribution in [3.05, 3.63) is 83.7 Å². The number of hydrogen-bond acceptors (Lipinski definition) is 5. The monoisotopic (exact) mass is 441 g/mol. The molecule has 0 aliphatic rings. The summed E-state index contributed by atoms with van der Waals surface area (Å²) in [6, 6.07) is 13.6. The molecule has 4 aromatic rings. The van der Waals surface area contributed by atoms with Gasteiger partial charge in [-0.15, -0.1) is 11.8 Å². The van der Waals surface area contributed by atoms with Crippen LogP contribution in [0.1, 0.15) is 11.1 Å². The molecule has 2 heterocycles. The smallest absolute Gasteiger partial charge is 0.239 e. The lowest BCUT2D eigenvalue weighted by Crippen LogP contribution is -2.31. The number of fused-ring (bicyclic) bond motifs is 1. The van der Waals surface area contributed by atoms with Crippen molar-refractivity contribution in [3.63, 3.8) is 0 Å². The van der Waals surface area contributed by atoms with Crippen LogP contribution < -0.4 is 4.90 Å². The topological polar surface area (TPSA) is 46.1 Å². The van der Waals surface area contributed by atoms with Crippen LogP contribution in [0.2, 0.25) is 0 Å². The van der Waals surface area contributed by atoms with Gasteiger partial charge >= 0.3 is 0 Å². The molecule has 152 valence electrons. The number of pyridine rings is 1. The molecule has 4 nitrogen and oxygen atoms in total. The van der Waals surface area contributed by atoms with E-state index in [4.69, 9.17) is 0 Å². The van der Waals surface area contributed by atoms with Gasteiger partial charge in [-0.25, -0.2) is 13.8 Å². The summed E-state index contributed by atoms with van der Waals surface area (Å²) < 4.78 is 28.1. The Balaban J connectivity index is 1.63. The van der Waals surface area contributed by atoms with Crippen LogP contribution in [0.25, 0.3) is 10.2 Å². The highest BCUT2D eigenvalue weighted by atomic mass is 32.2. The highest BCUT2D eigenvalue weighted by Gasteiger charge is 2.22. The van der Waals surface area contributed by atoms with E-state index < -0.39 is 11.6 Å². The number of carbonyl (C=O) groups excluding carboxylic acids is 1. The molecule has 0 saturated heterocycles. The van der Waals surface area contributed by atoms with Gasteiger partial charge in [0.2, 0.25) is 5.91 Å². The van der Waals surface area contributed by atoms with Gasteiger partial charge in [0.25, 0.3) is 0 Å². The first-order valence-corrected chi connectivity index (χ1v) is 10.9. The van der Waals surface area contributed by atoms with Crippen molar-refractivity contribution in [1.82, 2.24) is 9.97 Å². The fraction of sp³-hybridized carbons (Fsp3) is 0.136. The number of thiazole rings is 1. The maximum Gasteiger partial charge on any atom is 0.239 e. The van der Waals surface area contributed by atoms with Gasteiger partial charge in [-0.2, -0.15) is 0 Å². The number of benzene rings is 2. The van der Waals surface area contributed by atoms with Crippen LogP contribution in [0.4, 0.5) is 13.9 Å². The maximum atomic E-state index is 14.1. The fourth-order valence-electron chi connectivity index (χ4n) is 2.86. The lowest BCUT2D eigenvalue weighted by molar-refractivity contribution is -0.116. The van der Waals surface area contributed by atoms with E-state index in [0.29, 0.717) is 9.83 Å². The third-order valence-electron chi connectivity index (χ3n) is 4.38. The van der Waals surface area contributed by atoms with Crippen molar-refractivity contribution in [3.8, 4) is 0 Å². The molecule has 30 heavy (non-hydrogen) atoms. The van der Waals surface area contributed by atoms with Crippen molar-refractivity contribution in [2.45, 2.75) is 18.4 Å². The Labute approximate surface area is 180 Å². The summed E-state index contributed by atoms with van der Waals surface area (Å²) in [4.78, 5) is 24.0. The molecule has 0 unspecified atom stereocenters. The summed E-state index contributed by atoms with van der Waals surface area (Å²) in [6.07, 6.45) is 3.32. The molecular formula is C22H17F2N3OS2. The molecule has 0 fully saturated rings. The summed E-state index contributed by atoms with van der Waals surface area (Å²) in [5.74, 6) is -1.40. The zero-order valence-corrected chi connectivity index (χ0v) is 17.6. The molecule has 0 radical (unpaired) electrons. The first-order chi connectivity index (χ1) is 14.5. The van der Waals surface area contributed by atoms with Crippen molar-refractivity contribution >= 4 is 44.4 Å². The second-order valence-corrected chi connectivity index (χ2v) is 8.73. The number of aryl methyl sites for hydroxylation is 1. The number of anilines is 1. The van der Waals surface area contributed by atoms with Crippen molar-refractivity contribution in [2.75, 3.05) is 10.7 Å². The molecule has 0 aliphatic heterocycles. The third-order valence-corrected chi connectivity index (χ3v) is 6.40. The molecule has 1 amide bonds. The first kappa shape index (κ1) is 20.4. The van der Waals surface area contributed by atoms with Gasteiger partial charge in [-0.1, -0.05) is 35.1 Å². The van der Waals surface area contributed by atoms with Gasteiger partial charge in [-0.3, -0.25) is 14.7 Å². The predicted molar refractivity (Wildman–Crippen MR) is 117 cm³/mol. The Hall–Kier alpha value is -2.84. The molecule has 0 N–H and O–H groups in total. The quantitative estimate of drug-likeness (QED) is 0.365. The lowest BCUT2D eigenvalue weighted by Gasteiger charge is -2.19. The van der Waals surface area contributed by atoms with Crippen molar-refractivity contribution in [2.24, 2.45) is 0 Å². The van der Waals surface area contributed by atoms with E-state index in [9.17, 15) is 13.6 Å². The van der Waals surface area contributed by atoms with E-state index in [-0.39, 0.29) is 23.7 Å². The van der Waals surface area contributed by atoms with E-state index in [1.165, 1.54) is 22.7 Å². The Morgan fingerprint density at radius 1 is 1.17 bits per heavy atom. The molecular weight excluding hydrogens is 424 g/mol.